The van der Waals surface area contributed by atoms with Gasteiger partial charge in [0.1, 0.15) is 0 Å². The van der Waals surface area contributed by atoms with Crippen LogP contribution in [0.3, 0.4) is 0 Å². The van der Waals surface area contributed by atoms with Gasteiger partial charge in [0.15, 0.2) is 0 Å². The third kappa shape index (κ3) is 4.67. The van der Waals surface area contributed by atoms with Crippen LogP contribution in [-0.4, -0.2) is 44.3 Å². The minimum Gasteiger partial charge on any atom is -0.450 e. The van der Waals surface area contributed by atoms with Crippen molar-refractivity contribution in [2.24, 2.45) is 5.92 Å². The molecule has 0 spiro atoms. The van der Waals surface area contributed by atoms with Crippen LogP contribution in [0.25, 0.3) is 0 Å². The van der Waals surface area contributed by atoms with E-state index in [9.17, 15) is 4.79 Å². The molecule has 0 aromatic heterocycles. The van der Waals surface area contributed by atoms with Crippen LogP contribution >= 0.6 is 12.4 Å². The molecule has 14 heavy (non-hydrogen) atoms. The summed E-state index contributed by atoms with van der Waals surface area (Å²) in [4.78, 5) is 13.2. The number of hydrogen-bond donors (Lipinski definition) is 1. The van der Waals surface area contributed by atoms with Crippen LogP contribution in [0.15, 0.2) is 0 Å². The van der Waals surface area contributed by atoms with Gasteiger partial charge in [0, 0.05) is 13.1 Å². The highest BCUT2D eigenvalue weighted by Gasteiger charge is 2.19. The second-order valence-corrected chi connectivity index (χ2v) is 3.52. The smallest absolute Gasteiger partial charge is 0.407 e. The monoisotopic (exact) mass is 222 g/mol. The zero-order valence-electron chi connectivity index (χ0n) is 8.78. The molecular weight excluding hydrogens is 204 g/mol. The topological polar surface area (TPSA) is 41.6 Å². The van der Waals surface area contributed by atoms with Gasteiger partial charge in [0.25, 0.3) is 0 Å². The van der Waals surface area contributed by atoms with E-state index in [-0.39, 0.29) is 18.5 Å². The summed E-state index contributed by atoms with van der Waals surface area (Å²) < 4.78 is 4.76. The fraction of sp³-hybridized carbons (Fsp3) is 0.889. The van der Waals surface area contributed by atoms with Crippen molar-refractivity contribution in [1.82, 2.24) is 10.2 Å². The number of hydrogen-bond acceptors (Lipinski definition) is 3. The summed E-state index contributed by atoms with van der Waals surface area (Å²) >= 11 is 0. The van der Waals surface area contributed by atoms with Gasteiger partial charge < -0.3 is 15.0 Å². The number of nitrogens with one attached hydrogen (secondary N) is 1. The highest BCUT2D eigenvalue weighted by atomic mass is 35.5. The molecule has 4 nitrogen and oxygen atoms in total. The minimum atomic E-state index is -0.294. The molecule has 0 bridgehead atoms. The molecule has 1 unspecified atom stereocenters. The Morgan fingerprint density at radius 2 is 2.36 bits per heavy atom. The third-order valence-corrected chi connectivity index (χ3v) is 2.30. The lowest BCUT2D eigenvalue weighted by Crippen LogP contribution is -2.30. The van der Waals surface area contributed by atoms with Gasteiger partial charge in [-0.15, -0.1) is 12.4 Å². The highest BCUT2D eigenvalue weighted by molar-refractivity contribution is 5.85. The predicted molar refractivity (Wildman–Crippen MR) is 57.9 cm³/mol. The SMILES string of the molecule is CCOC(=O)NCC1CCN(C)C1.Cl. The predicted octanol–water partition coefficient (Wildman–Crippen LogP) is 1.11. The number of carbonyl (C=O) groups is 1. The lowest BCUT2D eigenvalue weighted by molar-refractivity contribution is 0.150. The molecule has 1 N–H and O–H groups in total. The van der Waals surface area contributed by atoms with E-state index >= 15 is 0 Å². The fourth-order valence-corrected chi connectivity index (χ4v) is 1.60. The van der Waals surface area contributed by atoms with Gasteiger partial charge in [-0.2, -0.15) is 0 Å². The van der Waals surface area contributed by atoms with Crippen LogP contribution in [0.2, 0.25) is 0 Å². The molecule has 1 aliphatic rings. The van der Waals surface area contributed by atoms with E-state index in [0.29, 0.717) is 12.5 Å². The van der Waals surface area contributed by atoms with E-state index in [1.807, 2.05) is 6.92 Å². The van der Waals surface area contributed by atoms with Gasteiger partial charge in [0.2, 0.25) is 0 Å². The normalized spacial score (nSPS) is 21.4. The van der Waals surface area contributed by atoms with Crippen LogP contribution in [0.4, 0.5) is 4.79 Å². The third-order valence-electron chi connectivity index (χ3n) is 2.30. The van der Waals surface area contributed by atoms with Gasteiger partial charge in [0.05, 0.1) is 6.61 Å². The Balaban J connectivity index is 0.00000169. The number of carbonyl (C=O) groups excluding carboxylic acids is 1. The fourth-order valence-electron chi connectivity index (χ4n) is 1.60. The Hall–Kier alpha value is -0.480. The van der Waals surface area contributed by atoms with E-state index < -0.39 is 0 Å². The first-order valence-corrected chi connectivity index (χ1v) is 4.81. The molecule has 1 saturated heterocycles. The number of likely N-dealkylation sites (tertiary alicyclic amines) is 1. The first-order chi connectivity index (χ1) is 6.22. The second-order valence-electron chi connectivity index (χ2n) is 3.52. The summed E-state index contributed by atoms with van der Waals surface area (Å²) in [5, 5.41) is 2.76. The lowest BCUT2D eigenvalue weighted by Gasteiger charge is -2.11. The first kappa shape index (κ1) is 13.5. The zero-order valence-corrected chi connectivity index (χ0v) is 9.60. The summed E-state index contributed by atoms with van der Waals surface area (Å²) in [6, 6.07) is 0. The largest absolute Gasteiger partial charge is 0.450 e. The molecule has 1 rings (SSSR count). The molecule has 1 amide bonds. The van der Waals surface area contributed by atoms with E-state index in [1.54, 1.807) is 0 Å². The molecular formula is C9H19ClN2O2. The zero-order chi connectivity index (χ0) is 9.68. The average Bonchev–Trinajstić information content (AvgIpc) is 2.49. The number of amides is 1. The maximum atomic E-state index is 10.9. The van der Waals surface area contributed by atoms with Crippen molar-refractivity contribution in [3.05, 3.63) is 0 Å². The molecule has 0 aromatic carbocycles. The maximum Gasteiger partial charge on any atom is 0.407 e. The number of alkyl carbamates (subject to hydrolysis) is 1. The van der Waals surface area contributed by atoms with Crippen molar-refractivity contribution >= 4 is 18.5 Å². The van der Waals surface area contributed by atoms with Gasteiger partial charge in [-0.3, -0.25) is 0 Å². The summed E-state index contributed by atoms with van der Waals surface area (Å²) in [5.41, 5.74) is 0. The Labute approximate surface area is 91.4 Å². The molecule has 0 aromatic rings. The van der Waals surface area contributed by atoms with Crippen molar-refractivity contribution < 1.29 is 9.53 Å². The van der Waals surface area contributed by atoms with Gasteiger partial charge >= 0.3 is 6.09 Å². The second kappa shape index (κ2) is 6.90. The van der Waals surface area contributed by atoms with E-state index in [4.69, 9.17) is 4.74 Å². The molecule has 1 atom stereocenters. The van der Waals surface area contributed by atoms with Crippen molar-refractivity contribution in [3.63, 3.8) is 0 Å². The quantitative estimate of drug-likeness (QED) is 0.778. The molecule has 84 valence electrons. The lowest BCUT2D eigenvalue weighted by atomic mass is 10.1. The molecule has 0 radical (unpaired) electrons. The molecule has 1 fully saturated rings. The van der Waals surface area contributed by atoms with E-state index in [0.717, 1.165) is 19.6 Å². The van der Waals surface area contributed by atoms with Crippen LogP contribution in [0, 0.1) is 5.92 Å². The number of ether oxygens (including phenoxy) is 1. The molecule has 1 aliphatic heterocycles. The van der Waals surface area contributed by atoms with Crippen molar-refractivity contribution in [2.45, 2.75) is 13.3 Å². The number of halogens is 1. The summed E-state index contributed by atoms with van der Waals surface area (Å²) in [6.07, 6.45) is 0.875. The molecule has 1 heterocycles. The molecule has 5 heteroatoms. The first-order valence-electron chi connectivity index (χ1n) is 4.81. The van der Waals surface area contributed by atoms with Crippen LogP contribution < -0.4 is 5.32 Å². The maximum absolute atomic E-state index is 10.9. The molecule has 0 saturated carbocycles. The van der Waals surface area contributed by atoms with Gasteiger partial charge in [-0.25, -0.2) is 4.79 Å². The van der Waals surface area contributed by atoms with Crippen molar-refractivity contribution in [1.29, 1.82) is 0 Å². The van der Waals surface area contributed by atoms with Gasteiger partial charge in [-0.1, -0.05) is 0 Å². The van der Waals surface area contributed by atoms with Gasteiger partial charge in [-0.05, 0) is 32.9 Å². The summed E-state index contributed by atoms with van der Waals surface area (Å²) in [5.74, 6) is 0.592. The number of rotatable bonds is 3. The minimum absolute atomic E-state index is 0. The Morgan fingerprint density at radius 1 is 1.64 bits per heavy atom. The van der Waals surface area contributed by atoms with Crippen LogP contribution in [-0.2, 0) is 4.74 Å². The Morgan fingerprint density at radius 3 is 2.86 bits per heavy atom. The van der Waals surface area contributed by atoms with Crippen LogP contribution in [0.5, 0.6) is 0 Å². The van der Waals surface area contributed by atoms with E-state index in [2.05, 4.69) is 17.3 Å². The Kier molecular flexibility index (Phi) is 6.66. The van der Waals surface area contributed by atoms with E-state index in [1.165, 1.54) is 6.42 Å². The summed E-state index contributed by atoms with van der Waals surface area (Å²) in [7, 11) is 2.10. The highest BCUT2D eigenvalue weighted by Crippen LogP contribution is 2.12. The number of nitrogens with zero attached hydrogens (tertiary/aromatic N) is 1. The standard InChI is InChI=1S/C9H18N2O2.ClH/c1-3-13-9(12)10-6-8-4-5-11(2)7-8;/h8H,3-7H2,1-2H3,(H,10,12);1H. The van der Waals surface area contributed by atoms with Crippen molar-refractivity contribution in [3.8, 4) is 0 Å². The Bertz CT molecular complexity index is 178. The van der Waals surface area contributed by atoms with Crippen molar-refractivity contribution in [2.75, 3.05) is 33.3 Å². The van der Waals surface area contributed by atoms with Crippen LogP contribution in [0.1, 0.15) is 13.3 Å². The summed E-state index contributed by atoms with van der Waals surface area (Å²) in [6.45, 7) is 5.20. The molecule has 0 aliphatic carbocycles. The average molecular weight is 223 g/mol.